The van der Waals surface area contributed by atoms with Gasteiger partial charge in [-0.05, 0) is 36.6 Å². The number of carboxylic acids is 1. The van der Waals surface area contributed by atoms with Gasteiger partial charge in [0.05, 0.1) is 6.54 Å². The van der Waals surface area contributed by atoms with Crippen LogP contribution in [-0.2, 0) is 11.3 Å². The zero-order chi connectivity index (χ0) is 15.2. The van der Waals surface area contributed by atoms with Crippen molar-refractivity contribution in [3.05, 3.63) is 58.0 Å². The molecular weight excluding hydrogens is 289 g/mol. The smallest absolute Gasteiger partial charge is 0.328 e. The second-order valence-corrected chi connectivity index (χ2v) is 5.47. The first-order valence-corrected chi connectivity index (χ1v) is 7.46. The Morgan fingerprint density at radius 1 is 1.38 bits per heavy atom. The lowest BCUT2D eigenvalue weighted by Crippen LogP contribution is -2.22. The molecule has 5 heteroatoms. The lowest BCUT2D eigenvalue weighted by atomic mass is 10.1. The molecule has 0 aliphatic rings. The molecule has 0 bridgehead atoms. The summed E-state index contributed by atoms with van der Waals surface area (Å²) in [5.41, 5.74) is 1.00. The summed E-state index contributed by atoms with van der Waals surface area (Å²) in [6.45, 7) is 3.37. The van der Waals surface area contributed by atoms with Crippen LogP contribution in [0.25, 0.3) is 6.08 Å². The molecule has 3 nitrogen and oxygen atoms in total. The third-order valence-electron chi connectivity index (χ3n) is 3.07. The number of rotatable bonds is 6. The summed E-state index contributed by atoms with van der Waals surface area (Å²) in [6, 6.07) is 8.79. The predicted octanol–water partition coefficient (Wildman–Crippen LogP) is 4.01. The van der Waals surface area contributed by atoms with E-state index in [1.54, 1.807) is 17.4 Å². The van der Waals surface area contributed by atoms with Gasteiger partial charge in [0.1, 0.15) is 5.82 Å². The average Bonchev–Trinajstić information content (AvgIpc) is 2.96. The van der Waals surface area contributed by atoms with Crippen molar-refractivity contribution in [3.63, 3.8) is 0 Å². The van der Waals surface area contributed by atoms with Crippen LogP contribution in [0.2, 0.25) is 0 Å². The van der Waals surface area contributed by atoms with Gasteiger partial charge >= 0.3 is 5.97 Å². The molecule has 0 aliphatic heterocycles. The van der Waals surface area contributed by atoms with Crippen LogP contribution in [0, 0.1) is 5.82 Å². The predicted molar refractivity (Wildman–Crippen MR) is 84.1 cm³/mol. The number of hydrogen-bond acceptors (Lipinski definition) is 3. The fourth-order valence-corrected chi connectivity index (χ4v) is 2.80. The van der Waals surface area contributed by atoms with Crippen LogP contribution in [-0.4, -0.2) is 17.6 Å². The lowest BCUT2D eigenvalue weighted by Gasteiger charge is -2.24. The molecule has 2 rings (SSSR count). The maximum absolute atomic E-state index is 14.0. The summed E-state index contributed by atoms with van der Waals surface area (Å²) >= 11 is 1.64. The number of carbonyl (C=O) groups is 1. The van der Waals surface area contributed by atoms with E-state index in [0.717, 1.165) is 6.08 Å². The molecular formula is C16H16FNO2S. The summed E-state index contributed by atoms with van der Waals surface area (Å²) in [5.74, 6) is -1.51. The monoisotopic (exact) mass is 305 g/mol. The lowest BCUT2D eigenvalue weighted by molar-refractivity contribution is -0.131. The van der Waals surface area contributed by atoms with Crippen LogP contribution in [0.5, 0.6) is 0 Å². The first-order chi connectivity index (χ1) is 10.1. The third kappa shape index (κ3) is 3.92. The van der Waals surface area contributed by atoms with E-state index >= 15 is 0 Å². The fraction of sp³-hybridized carbons (Fsp3) is 0.188. The SMILES string of the molecule is CCN(Cc1cccs1)c1cccc(F)c1/C=C/C(=O)O. The number of thiophene rings is 1. The molecule has 0 saturated carbocycles. The second kappa shape index (κ2) is 7.04. The highest BCUT2D eigenvalue weighted by Crippen LogP contribution is 2.27. The molecule has 0 unspecified atom stereocenters. The van der Waals surface area contributed by atoms with Crippen LogP contribution < -0.4 is 4.90 Å². The van der Waals surface area contributed by atoms with Gasteiger partial charge in [-0.15, -0.1) is 11.3 Å². The molecule has 110 valence electrons. The van der Waals surface area contributed by atoms with Crippen molar-refractivity contribution >= 4 is 29.1 Å². The van der Waals surface area contributed by atoms with Gasteiger partial charge in [-0.25, -0.2) is 9.18 Å². The quantitative estimate of drug-likeness (QED) is 0.820. The molecule has 1 aromatic heterocycles. The fourth-order valence-electron chi connectivity index (χ4n) is 2.08. The highest BCUT2D eigenvalue weighted by Gasteiger charge is 2.13. The van der Waals surface area contributed by atoms with Gasteiger partial charge < -0.3 is 10.0 Å². The van der Waals surface area contributed by atoms with Gasteiger partial charge in [0, 0.05) is 28.7 Å². The molecule has 0 radical (unpaired) electrons. The molecule has 0 saturated heterocycles. The Kier molecular flexibility index (Phi) is 5.11. The first-order valence-electron chi connectivity index (χ1n) is 6.58. The number of carboxylic acid groups (broad SMARTS) is 1. The summed E-state index contributed by atoms with van der Waals surface area (Å²) in [5, 5.41) is 10.7. The van der Waals surface area contributed by atoms with Crippen molar-refractivity contribution in [3.8, 4) is 0 Å². The van der Waals surface area contributed by atoms with Gasteiger partial charge in [-0.1, -0.05) is 12.1 Å². The van der Waals surface area contributed by atoms with E-state index in [-0.39, 0.29) is 0 Å². The van der Waals surface area contributed by atoms with Crippen LogP contribution in [0.1, 0.15) is 17.4 Å². The molecule has 2 aromatic rings. The molecule has 0 amide bonds. The van der Waals surface area contributed by atoms with Gasteiger partial charge in [-0.3, -0.25) is 0 Å². The van der Waals surface area contributed by atoms with E-state index in [1.807, 2.05) is 35.4 Å². The van der Waals surface area contributed by atoms with Crippen molar-refractivity contribution in [2.75, 3.05) is 11.4 Å². The number of nitrogens with zero attached hydrogens (tertiary/aromatic N) is 1. The molecule has 0 atom stereocenters. The van der Waals surface area contributed by atoms with Crippen molar-refractivity contribution in [2.45, 2.75) is 13.5 Å². The van der Waals surface area contributed by atoms with E-state index < -0.39 is 11.8 Å². The topological polar surface area (TPSA) is 40.5 Å². The number of hydrogen-bond donors (Lipinski definition) is 1. The highest BCUT2D eigenvalue weighted by atomic mass is 32.1. The second-order valence-electron chi connectivity index (χ2n) is 4.44. The molecule has 0 fully saturated rings. The third-order valence-corrected chi connectivity index (χ3v) is 3.93. The number of aliphatic carboxylic acids is 1. The zero-order valence-corrected chi connectivity index (χ0v) is 12.4. The zero-order valence-electron chi connectivity index (χ0n) is 11.6. The maximum atomic E-state index is 14.0. The Morgan fingerprint density at radius 2 is 2.19 bits per heavy atom. The Bertz CT molecular complexity index is 638. The van der Waals surface area contributed by atoms with Gasteiger partial charge in [0.25, 0.3) is 0 Å². The van der Waals surface area contributed by atoms with E-state index in [1.165, 1.54) is 17.0 Å². The summed E-state index contributed by atoms with van der Waals surface area (Å²) in [7, 11) is 0. The summed E-state index contributed by atoms with van der Waals surface area (Å²) in [6.07, 6.45) is 2.27. The number of benzene rings is 1. The summed E-state index contributed by atoms with van der Waals surface area (Å²) < 4.78 is 14.0. The van der Waals surface area contributed by atoms with E-state index in [2.05, 4.69) is 0 Å². The first kappa shape index (κ1) is 15.3. The van der Waals surface area contributed by atoms with Crippen molar-refractivity contribution in [1.82, 2.24) is 0 Å². The Morgan fingerprint density at radius 3 is 2.81 bits per heavy atom. The van der Waals surface area contributed by atoms with Crippen LogP contribution >= 0.6 is 11.3 Å². The average molecular weight is 305 g/mol. The molecule has 21 heavy (non-hydrogen) atoms. The van der Waals surface area contributed by atoms with Crippen LogP contribution in [0.3, 0.4) is 0 Å². The van der Waals surface area contributed by atoms with Crippen molar-refractivity contribution in [2.24, 2.45) is 0 Å². The molecule has 1 N–H and O–H groups in total. The van der Waals surface area contributed by atoms with Gasteiger partial charge in [0.15, 0.2) is 0 Å². The van der Waals surface area contributed by atoms with Crippen molar-refractivity contribution in [1.29, 1.82) is 0 Å². The Balaban J connectivity index is 2.36. The minimum atomic E-state index is -1.09. The Hall–Kier alpha value is -2.14. The van der Waals surface area contributed by atoms with Crippen molar-refractivity contribution < 1.29 is 14.3 Å². The number of anilines is 1. The van der Waals surface area contributed by atoms with E-state index in [0.29, 0.717) is 24.3 Å². The minimum absolute atomic E-state index is 0.304. The largest absolute Gasteiger partial charge is 0.478 e. The van der Waals surface area contributed by atoms with E-state index in [4.69, 9.17) is 5.11 Å². The van der Waals surface area contributed by atoms with Gasteiger partial charge in [-0.2, -0.15) is 0 Å². The molecule has 0 aliphatic carbocycles. The molecule has 0 spiro atoms. The maximum Gasteiger partial charge on any atom is 0.328 e. The highest BCUT2D eigenvalue weighted by molar-refractivity contribution is 7.09. The Labute approximate surface area is 127 Å². The molecule has 1 aromatic carbocycles. The van der Waals surface area contributed by atoms with E-state index in [9.17, 15) is 9.18 Å². The normalized spacial score (nSPS) is 11.0. The molecule has 1 heterocycles. The standard InChI is InChI=1S/C16H16FNO2S/c1-2-18(11-12-5-4-10-21-12)15-7-3-6-14(17)13(15)8-9-16(19)20/h3-10H,2,11H2,1H3,(H,19,20)/b9-8+. The van der Waals surface area contributed by atoms with Crippen LogP contribution in [0.15, 0.2) is 41.8 Å². The van der Waals surface area contributed by atoms with Gasteiger partial charge in [0.2, 0.25) is 0 Å². The summed E-state index contributed by atoms with van der Waals surface area (Å²) in [4.78, 5) is 13.9. The number of halogens is 1. The van der Waals surface area contributed by atoms with Crippen LogP contribution in [0.4, 0.5) is 10.1 Å². The minimum Gasteiger partial charge on any atom is -0.478 e.